The molecule has 1 aliphatic heterocycles. The lowest BCUT2D eigenvalue weighted by atomic mass is 9.59. The zero-order chi connectivity index (χ0) is 17.4. The van der Waals surface area contributed by atoms with Gasteiger partial charge in [0, 0.05) is 31.9 Å². The maximum Gasteiger partial charge on any atom is 0.0364 e. The van der Waals surface area contributed by atoms with E-state index in [1.165, 1.54) is 25.1 Å². The van der Waals surface area contributed by atoms with E-state index in [0.717, 1.165) is 19.0 Å². The zero-order valence-corrected chi connectivity index (χ0v) is 15.8. The molecule has 1 aliphatic carbocycles. The Labute approximate surface area is 152 Å². The number of para-hydroxylation sites is 1. The molecule has 132 valence electrons. The predicted molar refractivity (Wildman–Crippen MR) is 106 cm³/mol. The summed E-state index contributed by atoms with van der Waals surface area (Å²) in [5.41, 5.74) is 4.85. The monoisotopic (exact) mass is 334 g/mol. The van der Waals surface area contributed by atoms with Gasteiger partial charge in [0.15, 0.2) is 0 Å². The number of anilines is 1. The molecular weight excluding hydrogens is 304 g/mol. The number of likely N-dealkylation sites (N-methyl/N-ethyl adjacent to an activating group) is 1. The Morgan fingerprint density at radius 1 is 1.08 bits per heavy atom. The second-order valence-electron chi connectivity index (χ2n) is 8.18. The summed E-state index contributed by atoms with van der Waals surface area (Å²) in [6.07, 6.45) is 2.48. The lowest BCUT2D eigenvalue weighted by Crippen LogP contribution is -2.58. The summed E-state index contributed by atoms with van der Waals surface area (Å²) in [7, 11) is 2.21. The van der Waals surface area contributed by atoms with Gasteiger partial charge in [0.2, 0.25) is 0 Å². The highest BCUT2D eigenvalue weighted by Gasteiger charge is 2.47. The highest BCUT2D eigenvalue weighted by Crippen LogP contribution is 2.48. The summed E-state index contributed by atoms with van der Waals surface area (Å²) < 4.78 is 0. The number of piperidine rings is 1. The molecule has 3 atom stereocenters. The Balaban J connectivity index is 1.49. The van der Waals surface area contributed by atoms with Gasteiger partial charge in [0.25, 0.3) is 0 Å². The lowest BCUT2D eigenvalue weighted by molar-refractivity contribution is 0.0336. The van der Waals surface area contributed by atoms with Crippen molar-refractivity contribution in [3.05, 3.63) is 65.7 Å². The van der Waals surface area contributed by atoms with E-state index < -0.39 is 0 Å². The molecule has 2 heteroatoms. The maximum atomic E-state index is 2.75. The van der Waals surface area contributed by atoms with Crippen LogP contribution in [0.25, 0.3) is 0 Å². The number of nitrogens with zero attached hydrogens (tertiary/aromatic N) is 2. The van der Waals surface area contributed by atoms with Crippen molar-refractivity contribution in [3.8, 4) is 0 Å². The number of benzene rings is 2. The van der Waals surface area contributed by atoms with E-state index in [0.29, 0.717) is 11.5 Å². The van der Waals surface area contributed by atoms with Crippen molar-refractivity contribution in [1.82, 2.24) is 4.90 Å². The largest absolute Gasteiger partial charge is 0.373 e. The van der Waals surface area contributed by atoms with Gasteiger partial charge in [-0.15, -0.1) is 0 Å². The van der Waals surface area contributed by atoms with Crippen molar-refractivity contribution in [3.63, 3.8) is 0 Å². The number of likely N-dealkylation sites (tertiary alicyclic amines) is 1. The Morgan fingerprint density at radius 3 is 2.60 bits per heavy atom. The van der Waals surface area contributed by atoms with Crippen LogP contribution >= 0.6 is 0 Å². The molecule has 0 unspecified atom stereocenters. The summed E-state index contributed by atoms with van der Waals surface area (Å²) >= 11 is 0. The third-order valence-electron chi connectivity index (χ3n) is 6.95. The molecule has 2 aliphatic rings. The van der Waals surface area contributed by atoms with Crippen molar-refractivity contribution in [1.29, 1.82) is 0 Å². The lowest BCUT2D eigenvalue weighted by Gasteiger charge is -2.54. The molecule has 0 spiro atoms. The number of fused-ring (bicyclic) bond motifs is 4. The molecule has 1 heterocycles. The second-order valence-corrected chi connectivity index (χ2v) is 8.18. The Hall–Kier alpha value is -1.80. The van der Waals surface area contributed by atoms with E-state index >= 15 is 0 Å². The molecule has 0 radical (unpaired) electrons. The molecule has 0 amide bonds. The Morgan fingerprint density at radius 2 is 1.80 bits per heavy atom. The molecule has 1 fully saturated rings. The first-order valence-corrected chi connectivity index (χ1v) is 9.68. The molecule has 2 aromatic carbocycles. The molecule has 2 nitrogen and oxygen atoms in total. The average molecular weight is 335 g/mol. The van der Waals surface area contributed by atoms with Gasteiger partial charge in [0.1, 0.15) is 0 Å². The van der Waals surface area contributed by atoms with Crippen molar-refractivity contribution in [2.45, 2.75) is 38.1 Å². The fourth-order valence-electron chi connectivity index (χ4n) is 5.04. The quantitative estimate of drug-likeness (QED) is 0.820. The SMILES string of the molecule is C[C@@H]1[C@@H]2Cc3ccccc3[C@]1(C)CCN2CCN(C)c1ccccc1. The maximum absolute atomic E-state index is 2.75. The smallest absolute Gasteiger partial charge is 0.0364 e. The summed E-state index contributed by atoms with van der Waals surface area (Å²) in [6.45, 7) is 8.44. The van der Waals surface area contributed by atoms with Gasteiger partial charge >= 0.3 is 0 Å². The first kappa shape index (κ1) is 16.7. The van der Waals surface area contributed by atoms with E-state index in [4.69, 9.17) is 0 Å². The fraction of sp³-hybridized carbons (Fsp3) is 0.478. The first-order valence-electron chi connectivity index (χ1n) is 9.68. The van der Waals surface area contributed by atoms with Crippen molar-refractivity contribution >= 4 is 5.69 Å². The molecule has 2 aromatic rings. The van der Waals surface area contributed by atoms with E-state index in [1.807, 2.05) is 0 Å². The summed E-state index contributed by atoms with van der Waals surface area (Å²) in [6, 6.07) is 20.6. The van der Waals surface area contributed by atoms with Gasteiger partial charge < -0.3 is 4.90 Å². The van der Waals surface area contributed by atoms with E-state index in [2.05, 4.69) is 85.3 Å². The van der Waals surface area contributed by atoms with Crippen molar-refractivity contribution in [2.75, 3.05) is 31.6 Å². The summed E-state index contributed by atoms with van der Waals surface area (Å²) in [5, 5.41) is 0. The molecule has 0 saturated carbocycles. The highest BCUT2D eigenvalue weighted by molar-refractivity contribution is 5.45. The minimum atomic E-state index is 0.349. The molecule has 4 rings (SSSR count). The zero-order valence-electron chi connectivity index (χ0n) is 15.8. The van der Waals surface area contributed by atoms with Gasteiger partial charge in [-0.05, 0) is 54.0 Å². The van der Waals surface area contributed by atoms with Crippen LogP contribution < -0.4 is 4.90 Å². The topological polar surface area (TPSA) is 6.48 Å². The van der Waals surface area contributed by atoms with Crippen LogP contribution in [0.1, 0.15) is 31.4 Å². The van der Waals surface area contributed by atoms with Crippen LogP contribution in [0.5, 0.6) is 0 Å². The third-order valence-corrected chi connectivity index (χ3v) is 6.95. The van der Waals surface area contributed by atoms with E-state index in [-0.39, 0.29) is 0 Å². The predicted octanol–water partition coefficient (Wildman–Crippen LogP) is 4.35. The normalized spacial score (nSPS) is 28.4. The molecule has 2 bridgehead atoms. The van der Waals surface area contributed by atoms with Gasteiger partial charge in [-0.25, -0.2) is 0 Å². The summed E-state index contributed by atoms with van der Waals surface area (Å²) in [5.74, 6) is 0.721. The van der Waals surface area contributed by atoms with Crippen LogP contribution in [0.15, 0.2) is 54.6 Å². The first-order chi connectivity index (χ1) is 12.1. The van der Waals surface area contributed by atoms with Crippen LogP contribution in [-0.2, 0) is 11.8 Å². The van der Waals surface area contributed by atoms with Gasteiger partial charge in [-0.1, -0.05) is 56.3 Å². The molecule has 0 N–H and O–H groups in total. The minimum Gasteiger partial charge on any atom is -0.373 e. The Kier molecular flexibility index (Phi) is 4.33. The van der Waals surface area contributed by atoms with E-state index in [9.17, 15) is 0 Å². The molecule has 0 aromatic heterocycles. The number of hydrogen-bond donors (Lipinski definition) is 0. The van der Waals surface area contributed by atoms with Gasteiger partial charge in [0.05, 0.1) is 0 Å². The van der Waals surface area contributed by atoms with Crippen LogP contribution in [-0.4, -0.2) is 37.6 Å². The molecule has 25 heavy (non-hydrogen) atoms. The number of rotatable bonds is 4. The third kappa shape index (κ3) is 2.87. The van der Waals surface area contributed by atoms with E-state index in [1.54, 1.807) is 11.1 Å². The highest BCUT2D eigenvalue weighted by atomic mass is 15.2. The number of hydrogen-bond acceptors (Lipinski definition) is 2. The standard InChI is InChI=1S/C23H30N2/c1-18-22-17-19-9-7-8-12-21(19)23(18,2)13-14-25(22)16-15-24(3)20-10-5-4-6-11-20/h4-12,18,22H,13-17H2,1-3H3/t18-,22+,23-/m1/s1. The van der Waals surface area contributed by atoms with Crippen LogP contribution in [0.2, 0.25) is 0 Å². The van der Waals surface area contributed by atoms with Crippen molar-refractivity contribution in [2.24, 2.45) is 5.92 Å². The summed E-state index contributed by atoms with van der Waals surface area (Å²) in [4.78, 5) is 5.14. The Bertz CT molecular complexity index is 726. The second kappa shape index (κ2) is 6.49. The van der Waals surface area contributed by atoms with Crippen LogP contribution in [0, 0.1) is 5.92 Å². The molecular formula is C23H30N2. The minimum absolute atomic E-state index is 0.349. The van der Waals surface area contributed by atoms with Crippen LogP contribution in [0.3, 0.4) is 0 Å². The van der Waals surface area contributed by atoms with Gasteiger partial charge in [-0.2, -0.15) is 0 Å². The molecule has 1 saturated heterocycles. The van der Waals surface area contributed by atoms with Crippen LogP contribution in [0.4, 0.5) is 5.69 Å². The van der Waals surface area contributed by atoms with Crippen molar-refractivity contribution < 1.29 is 0 Å². The van der Waals surface area contributed by atoms with Gasteiger partial charge in [-0.3, -0.25) is 4.90 Å². The fourth-order valence-corrected chi connectivity index (χ4v) is 5.04. The average Bonchev–Trinajstić information content (AvgIpc) is 2.64.